The maximum Gasteiger partial charge on any atom is 0.319 e. The molecule has 2 aliphatic carbocycles. The summed E-state index contributed by atoms with van der Waals surface area (Å²) >= 11 is 6.54. The molecule has 7 nitrogen and oxygen atoms in total. The van der Waals surface area contributed by atoms with Gasteiger partial charge in [-0.1, -0.05) is 18.9 Å². The van der Waals surface area contributed by atoms with E-state index in [1.165, 1.54) is 18.6 Å². The number of rotatable bonds is 6. The van der Waals surface area contributed by atoms with Gasteiger partial charge in [-0.3, -0.25) is 4.98 Å². The molecule has 0 saturated heterocycles. The molecule has 1 heterocycles. The Morgan fingerprint density at radius 3 is 2.50 bits per heavy atom. The standard InChI is InChI=1S/C23H29ClN4O3S/c24-21-11-12-22(20-6-2-1-5-19(20)21)28-32(30,31)18-9-7-17(8-10-18)27-23(29)26-15-16-4-3-13-25-14-16/h3-4,7-10,13-14,19-22,28H,1-2,5-6,11-12,15H2,(H2,26,27,29). The minimum absolute atomic E-state index is 0.0728. The van der Waals surface area contributed by atoms with Gasteiger partial charge in [0.1, 0.15) is 0 Å². The zero-order valence-electron chi connectivity index (χ0n) is 17.8. The minimum Gasteiger partial charge on any atom is -0.334 e. The number of alkyl halides is 1. The highest BCUT2D eigenvalue weighted by atomic mass is 35.5. The fourth-order valence-electron chi connectivity index (χ4n) is 4.90. The summed E-state index contributed by atoms with van der Waals surface area (Å²) < 4.78 is 28.9. The maximum absolute atomic E-state index is 13.0. The Morgan fingerprint density at radius 1 is 1.03 bits per heavy atom. The summed E-state index contributed by atoms with van der Waals surface area (Å²) in [5.74, 6) is 0.697. The number of halogens is 1. The van der Waals surface area contributed by atoms with Crippen molar-refractivity contribution >= 4 is 33.3 Å². The van der Waals surface area contributed by atoms with E-state index in [2.05, 4.69) is 20.3 Å². The summed E-state index contributed by atoms with van der Waals surface area (Å²) in [6.07, 6.45) is 9.38. The molecule has 1 aromatic carbocycles. The van der Waals surface area contributed by atoms with Gasteiger partial charge in [-0.05, 0) is 73.4 Å². The number of nitrogens with zero attached hydrogens (tertiary/aromatic N) is 1. The number of urea groups is 1. The Bertz CT molecular complexity index is 1020. The highest BCUT2D eigenvalue weighted by Gasteiger charge is 2.41. The second-order valence-electron chi connectivity index (χ2n) is 8.63. The molecular weight excluding hydrogens is 448 g/mol. The van der Waals surface area contributed by atoms with E-state index in [9.17, 15) is 13.2 Å². The van der Waals surface area contributed by atoms with Crippen molar-refractivity contribution in [3.8, 4) is 0 Å². The van der Waals surface area contributed by atoms with Crippen LogP contribution in [-0.2, 0) is 16.6 Å². The van der Waals surface area contributed by atoms with E-state index in [1.54, 1.807) is 30.6 Å². The van der Waals surface area contributed by atoms with Gasteiger partial charge in [0.15, 0.2) is 0 Å². The van der Waals surface area contributed by atoms with Gasteiger partial charge in [-0.2, -0.15) is 0 Å². The van der Waals surface area contributed by atoms with Crippen LogP contribution in [-0.4, -0.2) is 30.9 Å². The minimum atomic E-state index is -3.65. The molecule has 1 aromatic heterocycles. The van der Waals surface area contributed by atoms with Gasteiger partial charge in [0.25, 0.3) is 0 Å². The predicted octanol–water partition coefficient (Wildman–Crippen LogP) is 4.26. The molecule has 2 amide bonds. The number of hydrogen-bond acceptors (Lipinski definition) is 4. The summed E-state index contributed by atoms with van der Waals surface area (Å²) in [5, 5.41) is 5.61. The summed E-state index contributed by atoms with van der Waals surface area (Å²) in [4.78, 5) is 16.3. The first kappa shape index (κ1) is 23.0. The largest absolute Gasteiger partial charge is 0.334 e. The monoisotopic (exact) mass is 476 g/mol. The molecule has 0 radical (unpaired) electrons. The summed E-state index contributed by atoms with van der Waals surface area (Å²) in [6, 6.07) is 9.46. The Balaban J connectivity index is 1.34. The van der Waals surface area contributed by atoms with Crippen molar-refractivity contribution in [3.63, 3.8) is 0 Å². The number of carbonyl (C=O) groups excluding carboxylic acids is 1. The quantitative estimate of drug-likeness (QED) is 0.542. The van der Waals surface area contributed by atoms with Crippen LogP contribution in [0.1, 0.15) is 44.1 Å². The number of pyridine rings is 1. The first-order valence-corrected chi connectivity index (χ1v) is 13.0. The van der Waals surface area contributed by atoms with Gasteiger partial charge in [0.05, 0.1) is 4.90 Å². The number of benzene rings is 1. The van der Waals surface area contributed by atoms with E-state index in [0.717, 1.165) is 37.7 Å². The number of anilines is 1. The molecule has 4 unspecified atom stereocenters. The smallest absolute Gasteiger partial charge is 0.319 e. The lowest BCUT2D eigenvalue weighted by molar-refractivity contribution is 0.142. The third-order valence-electron chi connectivity index (χ3n) is 6.51. The van der Waals surface area contributed by atoms with Gasteiger partial charge in [-0.25, -0.2) is 17.9 Å². The molecular formula is C23H29ClN4O3S. The van der Waals surface area contributed by atoms with Gasteiger partial charge < -0.3 is 10.6 Å². The number of fused-ring (bicyclic) bond motifs is 1. The van der Waals surface area contributed by atoms with Crippen molar-refractivity contribution < 1.29 is 13.2 Å². The highest BCUT2D eigenvalue weighted by molar-refractivity contribution is 7.89. The second kappa shape index (κ2) is 10.2. The molecule has 0 spiro atoms. The first-order valence-electron chi connectivity index (χ1n) is 11.1. The van der Waals surface area contributed by atoms with Crippen molar-refractivity contribution in [2.45, 2.75) is 61.4 Å². The van der Waals surface area contributed by atoms with Crippen molar-refractivity contribution in [3.05, 3.63) is 54.4 Å². The summed E-state index contributed by atoms with van der Waals surface area (Å²) in [7, 11) is -3.65. The van der Waals surface area contributed by atoms with Crippen LogP contribution in [0, 0.1) is 11.8 Å². The molecule has 2 fully saturated rings. The van der Waals surface area contributed by atoms with Crippen molar-refractivity contribution in [2.24, 2.45) is 11.8 Å². The van der Waals surface area contributed by atoms with Crippen LogP contribution in [0.25, 0.3) is 0 Å². The summed E-state index contributed by atoms with van der Waals surface area (Å²) in [6.45, 7) is 0.350. The normalized spacial score (nSPS) is 25.5. The SMILES string of the molecule is O=C(NCc1cccnc1)Nc1ccc(S(=O)(=O)NC2CCC(Cl)C3CCCCC23)cc1. The van der Waals surface area contributed by atoms with E-state index < -0.39 is 10.0 Å². The van der Waals surface area contributed by atoms with Crippen LogP contribution in [0.15, 0.2) is 53.7 Å². The topological polar surface area (TPSA) is 100 Å². The van der Waals surface area contributed by atoms with E-state index in [0.29, 0.717) is 24.1 Å². The van der Waals surface area contributed by atoms with E-state index in [1.807, 2.05) is 6.07 Å². The lowest BCUT2D eigenvalue weighted by atomic mass is 9.68. The average Bonchev–Trinajstić information content (AvgIpc) is 2.81. The Morgan fingerprint density at radius 2 is 1.78 bits per heavy atom. The third kappa shape index (κ3) is 5.60. The van der Waals surface area contributed by atoms with Crippen LogP contribution in [0.3, 0.4) is 0 Å². The van der Waals surface area contributed by atoms with Gasteiger partial charge in [0.2, 0.25) is 10.0 Å². The number of sulfonamides is 1. The molecule has 4 atom stereocenters. The Labute approximate surface area is 194 Å². The van der Waals surface area contributed by atoms with Crippen molar-refractivity contribution in [1.29, 1.82) is 0 Å². The molecule has 0 aliphatic heterocycles. The highest BCUT2D eigenvalue weighted by Crippen LogP contribution is 2.43. The Kier molecular flexibility index (Phi) is 7.33. The Hall–Kier alpha value is -2.16. The molecule has 3 N–H and O–H groups in total. The zero-order valence-corrected chi connectivity index (χ0v) is 19.4. The first-order chi connectivity index (χ1) is 15.4. The average molecular weight is 477 g/mol. The van der Waals surface area contributed by atoms with Crippen LogP contribution < -0.4 is 15.4 Å². The second-order valence-corrected chi connectivity index (χ2v) is 10.9. The lowest BCUT2D eigenvalue weighted by Gasteiger charge is -2.44. The number of carbonyl (C=O) groups is 1. The molecule has 2 aliphatic rings. The molecule has 2 saturated carbocycles. The maximum atomic E-state index is 13.0. The molecule has 0 bridgehead atoms. The van der Waals surface area contributed by atoms with Crippen LogP contribution in [0.4, 0.5) is 10.5 Å². The molecule has 4 rings (SSSR count). The van der Waals surface area contributed by atoms with Crippen LogP contribution in [0.5, 0.6) is 0 Å². The van der Waals surface area contributed by atoms with Crippen LogP contribution in [0.2, 0.25) is 0 Å². The number of nitrogens with one attached hydrogen (secondary N) is 3. The molecule has 2 aromatic rings. The number of aromatic nitrogens is 1. The summed E-state index contributed by atoms with van der Waals surface area (Å²) in [5.41, 5.74) is 1.40. The van der Waals surface area contributed by atoms with E-state index >= 15 is 0 Å². The van der Waals surface area contributed by atoms with E-state index in [4.69, 9.17) is 11.6 Å². The molecule has 172 valence electrons. The van der Waals surface area contributed by atoms with Gasteiger partial charge in [-0.15, -0.1) is 11.6 Å². The van der Waals surface area contributed by atoms with Crippen molar-refractivity contribution in [2.75, 3.05) is 5.32 Å². The zero-order chi connectivity index (χ0) is 22.6. The molecule has 32 heavy (non-hydrogen) atoms. The van der Waals surface area contributed by atoms with Gasteiger partial charge >= 0.3 is 6.03 Å². The molecule has 9 heteroatoms. The number of amides is 2. The van der Waals surface area contributed by atoms with Gasteiger partial charge in [0, 0.05) is 36.0 Å². The van der Waals surface area contributed by atoms with Crippen LogP contribution >= 0.6 is 11.6 Å². The fraction of sp³-hybridized carbons (Fsp3) is 0.478. The lowest BCUT2D eigenvalue weighted by Crippen LogP contribution is -2.49. The fourth-order valence-corrected chi connectivity index (χ4v) is 6.66. The van der Waals surface area contributed by atoms with E-state index in [-0.39, 0.29) is 22.3 Å². The third-order valence-corrected chi connectivity index (χ3v) is 8.56. The van der Waals surface area contributed by atoms with Crippen molar-refractivity contribution in [1.82, 2.24) is 15.0 Å². The number of hydrogen-bond donors (Lipinski definition) is 3. The predicted molar refractivity (Wildman–Crippen MR) is 125 cm³/mol.